The molecule has 0 radical (unpaired) electrons. The monoisotopic (exact) mass is 328 g/mol. The fourth-order valence-corrected chi connectivity index (χ4v) is 3.44. The highest BCUT2D eigenvalue weighted by atomic mass is 16.3. The van der Waals surface area contributed by atoms with Crippen LogP contribution in [0.1, 0.15) is 116 Å². The van der Waals surface area contributed by atoms with E-state index in [1.807, 2.05) is 0 Å². The molecule has 0 aromatic heterocycles. The zero-order chi connectivity index (χ0) is 17.0. The average molecular weight is 329 g/mol. The average Bonchev–Trinajstić information content (AvgIpc) is 2.56. The number of rotatable bonds is 19. The normalized spacial score (nSPS) is 12.7. The largest absolute Gasteiger partial charge is 0.396 e. The third-order valence-electron chi connectivity index (χ3n) is 5.01. The first-order valence-corrected chi connectivity index (χ1v) is 10.6. The van der Waals surface area contributed by atoms with Crippen LogP contribution in [0.3, 0.4) is 0 Å². The van der Waals surface area contributed by atoms with Crippen LogP contribution in [-0.2, 0) is 0 Å². The number of aliphatic hydroxyl groups is 2. The Morgan fingerprint density at radius 3 is 1.30 bits per heavy atom. The molecule has 0 fully saturated rings. The van der Waals surface area contributed by atoms with E-state index in [0.29, 0.717) is 13.2 Å². The molecule has 2 heteroatoms. The van der Waals surface area contributed by atoms with Gasteiger partial charge in [-0.2, -0.15) is 0 Å². The molecule has 23 heavy (non-hydrogen) atoms. The molecule has 0 rings (SSSR count). The van der Waals surface area contributed by atoms with E-state index in [2.05, 4.69) is 6.92 Å². The topological polar surface area (TPSA) is 40.5 Å². The van der Waals surface area contributed by atoms with E-state index in [9.17, 15) is 0 Å². The minimum atomic E-state index is 0.349. The van der Waals surface area contributed by atoms with Gasteiger partial charge in [0.05, 0.1) is 0 Å². The summed E-state index contributed by atoms with van der Waals surface area (Å²) in [5.74, 6) is 0.884. The quantitative estimate of drug-likeness (QED) is 0.276. The lowest BCUT2D eigenvalue weighted by atomic mass is 9.90. The maximum absolute atomic E-state index is 8.97. The van der Waals surface area contributed by atoms with Crippen molar-refractivity contribution < 1.29 is 10.2 Å². The van der Waals surface area contributed by atoms with Crippen LogP contribution in [0, 0.1) is 5.92 Å². The maximum atomic E-state index is 8.97. The van der Waals surface area contributed by atoms with Gasteiger partial charge in [-0.15, -0.1) is 0 Å². The van der Waals surface area contributed by atoms with Crippen molar-refractivity contribution in [2.24, 2.45) is 5.92 Å². The molecule has 0 aliphatic rings. The van der Waals surface area contributed by atoms with Crippen LogP contribution in [0.4, 0.5) is 0 Å². The highest BCUT2D eigenvalue weighted by molar-refractivity contribution is 4.61. The summed E-state index contributed by atoms with van der Waals surface area (Å²) in [7, 11) is 0. The van der Waals surface area contributed by atoms with Crippen molar-refractivity contribution in [1.29, 1.82) is 0 Å². The van der Waals surface area contributed by atoms with Crippen LogP contribution in [-0.4, -0.2) is 23.4 Å². The van der Waals surface area contributed by atoms with Gasteiger partial charge in [-0.25, -0.2) is 0 Å². The molecule has 2 nitrogen and oxygen atoms in total. The molecule has 0 spiro atoms. The molecule has 0 bridgehead atoms. The van der Waals surface area contributed by atoms with Gasteiger partial charge in [-0.05, 0) is 18.8 Å². The van der Waals surface area contributed by atoms with Gasteiger partial charge in [-0.3, -0.25) is 0 Å². The second kappa shape index (κ2) is 20.0. The van der Waals surface area contributed by atoms with Crippen LogP contribution < -0.4 is 0 Å². The van der Waals surface area contributed by atoms with Crippen molar-refractivity contribution in [3.63, 3.8) is 0 Å². The van der Waals surface area contributed by atoms with Crippen LogP contribution in [0.5, 0.6) is 0 Å². The third kappa shape index (κ3) is 18.1. The van der Waals surface area contributed by atoms with Crippen molar-refractivity contribution in [1.82, 2.24) is 0 Å². The number of unbranched alkanes of at least 4 members (excludes halogenated alkanes) is 11. The van der Waals surface area contributed by atoms with Crippen molar-refractivity contribution in [2.45, 2.75) is 116 Å². The minimum Gasteiger partial charge on any atom is -0.396 e. The van der Waals surface area contributed by atoms with E-state index in [1.165, 1.54) is 96.3 Å². The van der Waals surface area contributed by atoms with Crippen molar-refractivity contribution in [3.8, 4) is 0 Å². The van der Waals surface area contributed by atoms with Gasteiger partial charge in [0.1, 0.15) is 0 Å². The fourth-order valence-electron chi connectivity index (χ4n) is 3.44. The van der Waals surface area contributed by atoms with Crippen LogP contribution in [0.15, 0.2) is 0 Å². The molecule has 0 amide bonds. The molecule has 2 N–H and O–H groups in total. The molecule has 0 aromatic carbocycles. The Hall–Kier alpha value is -0.0800. The summed E-state index contributed by atoms with van der Waals surface area (Å²) in [6, 6.07) is 0. The molecule has 0 saturated carbocycles. The summed E-state index contributed by atoms with van der Waals surface area (Å²) in [5.41, 5.74) is 0. The van der Waals surface area contributed by atoms with Gasteiger partial charge in [0, 0.05) is 13.2 Å². The summed E-state index contributed by atoms with van der Waals surface area (Å²) >= 11 is 0. The lowest BCUT2D eigenvalue weighted by molar-refractivity contribution is 0.271. The third-order valence-corrected chi connectivity index (χ3v) is 5.01. The van der Waals surface area contributed by atoms with Gasteiger partial charge < -0.3 is 10.2 Å². The van der Waals surface area contributed by atoms with Gasteiger partial charge in [0.15, 0.2) is 0 Å². The summed E-state index contributed by atoms with van der Waals surface area (Å²) in [5, 5.41) is 17.8. The second-order valence-corrected chi connectivity index (χ2v) is 7.28. The van der Waals surface area contributed by atoms with E-state index in [-0.39, 0.29) is 0 Å². The zero-order valence-electron chi connectivity index (χ0n) is 15.9. The lowest BCUT2D eigenvalue weighted by Crippen LogP contribution is -2.02. The molecule has 0 aromatic rings. The number of aliphatic hydroxyl groups excluding tert-OH is 2. The Labute approximate surface area is 146 Å². The number of hydrogen-bond acceptors (Lipinski definition) is 2. The van der Waals surface area contributed by atoms with E-state index in [1.54, 1.807) is 0 Å². The molecular formula is C21H44O2. The molecule has 1 atom stereocenters. The van der Waals surface area contributed by atoms with Crippen molar-refractivity contribution in [2.75, 3.05) is 13.2 Å². The van der Waals surface area contributed by atoms with Crippen LogP contribution in [0.2, 0.25) is 0 Å². The Morgan fingerprint density at radius 1 is 0.478 bits per heavy atom. The SMILES string of the molecule is CCCCCCCCCC(CCCCO)CCCCCCCO. The number of hydrogen-bond donors (Lipinski definition) is 2. The molecule has 0 heterocycles. The molecule has 0 aliphatic heterocycles. The van der Waals surface area contributed by atoms with Gasteiger partial charge in [-0.1, -0.05) is 103 Å². The molecule has 0 saturated heterocycles. The zero-order valence-corrected chi connectivity index (χ0v) is 15.9. The predicted molar refractivity (Wildman–Crippen MR) is 102 cm³/mol. The highest BCUT2D eigenvalue weighted by Crippen LogP contribution is 2.23. The molecule has 140 valence electrons. The smallest absolute Gasteiger partial charge is 0.0431 e. The Bertz CT molecular complexity index is 206. The first kappa shape index (κ1) is 22.9. The summed E-state index contributed by atoms with van der Waals surface area (Å²) in [6.45, 7) is 2.98. The van der Waals surface area contributed by atoms with E-state index in [0.717, 1.165) is 18.8 Å². The first-order chi connectivity index (χ1) is 11.3. The van der Waals surface area contributed by atoms with Gasteiger partial charge >= 0.3 is 0 Å². The van der Waals surface area contributed by atoms with Crippen LogP contribution in [0.25, 0.3) is 0 Å². The summed E-state index contributed by atoms with van der Waals surface area (Å²) < 4.78 is 0. The Kier molecular flexibility index (Phi) is 19.9. The van der Waals surface area contributed by atoms with Gasteiger partial charge in [0.25, 0.3) is 0 Å². The van der Waals surface area contributed by atoms with Gasteiger partial charge in [0.2, 0.25) is 0 Å². The van der Waals surface area contributed by atoms with Crippen LogP contribution >= 0.6 is 0 Å². The van der Waals surface area contributed by atoms with E-state index in [4.69, 9.17) is 10.2 Å². The molecule has 0 aliphatic carbocycles. The Balaban J connectivity index is 3.64. The first-order valence-electron chi connectivity index (χ1n) is 10.6. The standard InChI is InChI=1S/C21H44O2/c1-2-3-4-5-6-8-11-16-21(18-13-15-20-23)17-12-9-7-10-14-19-22/h21-23H,2-20H2,1H3. The van der Waals surface area contributed by atoms with Crippen molar-refractivity contribution in [3.05, 3.63) is 0 Å². The van der Waals surface area contributed by atoms with Crippen molar-refractivity contribution >= 4 is 0 Å². The highest BCUT2D eigenvalue weighted by Gasteiger charge is 2.08. The summed E-state index contributed by atoms with van der Waals surface area (Å²) in [4.78, 5) is 0. The fraction of sp³-hybridized carbons (Fsp3) is 1.00. The second-order valence-electron chi connectivity index (χ2n) is 7.28. The maximum Gasteiger partial charge on any atom is 0.0431 e. The Morgan fingerprint density at radius 2 is 0.826 bits per heavy atom. The van der Waals surface area contributed by atoms with E-state index < -0.39 is 0 Å². The lowest BCUT2D eigenvalue weighted by Gasteiger charge is -2.16. The van der Waals surface area contributed by atoms with E-state index >= 15 is 0 Å². The summed E-state index contributed by atoms with van der Waals surface area (Å²) in [6.07, 6.45) is 22.2. The molecular weight excluding hydrogens is 284 g/mol. The molecule has 1 unspecified atom stereocenters. The predicted octanol–water partition coefficient (Wildman–Crippen LogP) is 6.24. The minimum absolute atomic E-state index is 0.349.